The minimum Gasteiger partial charge on any atom is -0.360 e. The second-order valence-electron chi connectivity index (χ2n) is 8.49. The molecule has 3 aromatic rings. The fraction of sp³-hybridized carbons (Fsp3) is 0.360. The molecule has 0 bridgehead atoms. The average molecular weight is 523 g/mol. The first-order chi connectivity index (χ1) is 16.9. The van der Waals surface area contributed by atoms with Crippen molar-refractivity contribution in [2.24, 2.45) is 0 Å². The van der Waals surface area contributed by atoms with E-state index in [0.29, 0.717) is 16.7 Å². The molecule has 0 aliphatic rings. The Morgan fingerprint density at radius 2 is 1.89 bits per heavy atom. The molecule has 0 saturated carbocycles. The Morgan fingerprint density at radius 3 is 2.50 bits per heavy atom. The highest BCUT2D eigenvalue weighted by atomic mass is 35.5. The van der Waals surface area contributed by atoms with Gasteiger partial charge in [-0.15, -0.1) is 0 Å². The first-order valence-electron chi connectivity index (χ1n) is 11.2. The van der Waals surface area contributed by atoms with Gasteiger partial charge in [0.15, 0.2) is 5.82 Å². The summed E-state index contributed by atoms with van der Waals surface area (Å²) < 4.78 is 45.2. The number of nitrogens with one attached hydrogen (secondary N) is 2. The van der Waals surface area contributed by atoms with Gasteiger partial charge in [-0.3, -0.25) is 9.78 Å². The van der Waals surface area contributed by atoms with Crippen LogP contribution in [0.3, 0.4) is 0 Å². The van der Waals surface area contributed by atoms with Gasteiger partial charge in [-0.25, -0.2) is 9.78 Å². The van der Waals surface area contributed by atoms with Crippen LogP contribution >= 0.6 is 11.6 Å². The topological polar surface area (TPSA) is 97.0 Å². The molecule has 3 rings (SSSR count). The molecule has 1 amide bonds. The van der Waals surface area contributed by atoms with Gasteiger partial charge < -0.3 is 10.1 Å². The van der Waals surface area contributed by atoms with Gasteiger partial charge in [0.2, 0.25) is 5.60 Å². The standard InChI is InChI=1S/C25H26ClF3N4O3/c1-5-24(36-4,25(27,28)29)22(34)30-13-15-9-10-19(26)18(11-15)21-31-20(32-23(35)33-21)17-8-6-7-16(12-17)14(2)3/h6-12,14H,5,13H2,1-4H3,(H,30,34)(H,31,32,33,35). The third kappa shape index (κ3) is 5.60. The molecule has 36 heavy (non-hydrogen) atoms. The molecule has 1 atom stereocenters. The van der Waals surface area contributed by atoms with Crippen molar-refractivity contribution >= 4 is 17.5 Å². The molecule has 2 aromatic carbocycles. The number of H-pyrrole nitrogens is 1. The summed E-state index contributed by atoms with van der Waals surface area (Å²) in [6.07, 6.45) is -5.48. The van der Waals surface area contributed by atoms with Crippen LogP contribution in [0.2, 0.25) is 5.02 Å². The highest BCUT2D eigenvalue weighted by Crippen LogP contribution is 2.36. The Morgan fingerprint density at radius 1 is 1.17 bits per heavy atom. The zero-order chi connectivity index (χ0) is 26.7. The number of hydrogen-bond acceptors (Lipinski definition) is 5. The number of methoxy groups -OCH3 is 1. The molecular formula is C25H26ClF3N4O3. The lowest BCUT2D eigenvalue weighted by Gasteiger charge is -2.31. The van der Waals surface area contributed by atoms with E-state index in [9.17, 15) is 22.8 Å². The van der Waals surface area contributed by atoms with Gasteiger partial charge in [0.1, 0.15) is 5.82 Å². The van der Waals surface area contributed by atoms with Gasteiger partial charge in [0.05, 0.1) is 5.02 Å². The zero-order valence-corrected chi connectivity index (χ0v) is 20.9. The number of benzene rings is 2. The smallest absolute Gasteiger partial charge is 0.360 e. The molecule has 0 aliphatic carbocycles. The number of carbonyl (C=O) groups excluding carboxylic acids is 1. The van der Waals surface area contributed by atoms with E-state index < -0.39 is 29.8 Å². The maximum absolute atomic E-state index is 13.5. The van der Waals surface area contributed by atoms with Crippen LogP contribution in [0.5, 0.6) is 0 Å². The minimum absolute atomic E-state index is 0.133. The SMILES string of the molecule is CCC(OC)(C(=O)NCc1ccc(Cl)c(-c2nc(-c3cccc(C(C)C)c3)nc(=O)[nH]2)c1)C(F)(F)F. The predicted octanol–water partition coefficient (Wildman–Crippen LogP) is 5.25. The van der Waals surface area contributed by atoms with Crippen LogP contribution in [0.25, 0.3) is 22.8 Å². The van der Waals surface area contributed by atoms with Crippen LogP contribution in [-0.2, 0) is 16.1 Å². The molecule has 0 fully saturated rings. The molecule has 1 heterocycles. The summed E-state index contributed by atoms with van der Waals surface area (Å²) in [6, 6.07) is 12.1. The van der Waals surface area contributed by atoms with Gasteiger partial charge in [-0.05, 0) is 41.7 Å². The number of ether oxygens (including phenoxy) is 1. The minimum atomic E-state index is -4.89. The molecule has 1 aromatic heterocycles. The van der Waals surface area contributed by atoms with Crippen molar-refractivity contribution in [3.8, 4) is 22.8 Å². The molecule has 0 saturated heterocycles. The number of amides is 1. The van der Waals surface area contributed by atoms with E-state index in [0.717, 1.165) is 12.7 Å². The van der Waals surface area contributed by atoms with Crippen molar-refractivity contribution in [1.29, 1.82) is 0 Å². The van der Waals surface area contributed by atoms with Crippen LogP contribution in [-0.4, -0.2) is 39.7 Å². The van der Waals surface area contributed by atoms with Crippen molar-refractivity contribution < 1.29 is 22.7 Å². The maximum atomic E-state index is 13.5. The molecule has 0 aliphatic heterocycles. The first kappa shape index (κ1) is 27.3. The summed E-state index contributed by atoms with van der Waals surface area (Å²) in [4.78, 5) is 35.7. The van der Waals surface area contributed by atoms with E-state index in [1.807, 2.05) is 32.0 Å². The Bertz CT molecular complexity index is 1300. The normalized spacial score (nSPS) is 13.5. The number of alkyl halides is 3. The van der Waals surface area contributed by atoms with Crippen molar-refractivity contribution in [3.63, 3.8) is 0 Å². The van der Waals surface area contributed by atoms with Gasteiger partial charge in [0.25, 0.3) is 5.91 Å². The molecule has 0 radical (unpaired) electrons. The van der Waals surface area contributed by atoms with E-state index in [1.165, 1.54) is 19.1 Å². The van der Waals surface area contributed by atoms with Crippen molar-refractivity contribution in [2.45, 2.75) is 51.4 Å². The predicted molar refractivity (Wildman–Crippen MR) is 131 cm³/mol. The largest absolute Gasteiger partial charge is 0.426 e. The Balaban J connectivity index is 1.93. The number of nitrogens with zero attached hydrogens (tertiary/aromatic N) is 2. The third-order valence-corrected chi connectivity index (χ3v) is 6.20. The van der Waals surface area contributed by atoms with Crippen LogP contribution < -0.4 is 11.0 Å². The van der Waals surface area contributed by atoms with Crippen LogP contribution in [0.4, 0.5) is 13.2 Å². The van der Waals surface area contributed by atoms with Gasteiger partial charge in [0, 0.05) is 24.8 Å². The fourth-order valence-corrected chi connectivity index (χ4v) is 3.92. The fourth-order valence-electron chi connectivity index (χ4n) is 3.71. The quantitative estimate of drug-likeness (QED) is 0.421. The summed E-state index contributed by atoms with van der Waals surface area (Å²) in [7, 11) is 0.844. The summed E-state index contributed by atoms with van der Waals surface area (Å²) in [6.45, 7) is 5.07. The number of halogens is 4. The van der Waals surface area contributed by atoms with Crippen molar-refractivity contribution in [3.05, 3.63) is 69.1 Å². The Hall–Kier alpha value is -3.24. The molecule has 2 N–H and O–H groups in total. The zero-order valence-electron chi connectivity index (χ0n) is 20.2. The van der Waals surface area contributed by atoms with Crippen LogP contribution in [0.1, 0.15) is 44.2 Å². The summed E-state index contributed by atoms with van der Waals surface area (Å²) in [5.41, 5.74) is -1.14. The summed E-state index contributed by atoms with van der Waals surface area (Å²) in [5.74, 6) is -0.717. The van der Waals surface area contributed by atoms with Gasteiger partial charge >= 0.3 is 11.9 Å². The molecule has 192 valence electrons. The second-order valence-corrected chi connectivity index (χ2v) is 8.89. The summed E-state index contributed by atoms with van der Waals surface area (Å²) >= 11 is 6.35. The number of aromatic amines is 1. The van der Waals surface area contributed by atoms with Crippen LogP contribution in [0, 0.1) is 0 Å². The molecule has 7 nitrogen and oxygen atoms in total. The average Bonchev–Trinajstić information content (AvgIpc) is 2.83. The Kier molecular flexibility index (Phi) is 8.20. The molecular weight excluding hydrogens is 497 g/mol. The number of rotatable bonds is 8. The molecule has 0 spiro atoms. The van der Waals surface area contributed by atoms with E-state index in [2.05, 4.69) is 25.0 Å². The summed E-state index contributed by atoms with van der Waals surface area (Å²) in [5, 5.41) is 2.53. The lowest BCUT2D eigenvalue weighted by atomic mass is 9.98. The van der Waals surface area contributed by atoms with Gasteiger partial charge in [-0.2, -0.15) is 18.2 Å². The Labute approximate surface area is 211 Å². The molecule has 11 heteroatoms. The van der Waals surface area contributed by atoms with E-state index in [-0.39, 0.29) is 29.1 Å². The third-order valence-electron chi connectivity index (χ3n) is 5.87. The maximum Gasteiger partial charge on any atom is 0.426 e. The van der Waals surface area contributed by atoms with E-state index in [4.69, 9.17) is 11.6 Å². The number of hydrogen-bond donors (Lipinski definition) is 2. The molecule has 1 unspecified atom stereocenters. The van der Waals surface area contributed by atoms with E-state index >= 15 is 0 Å². The van der Waals surface area contributed by atoms with E-state index in [1.54, 1.807) is 12.1 Å². The first-order valence-corrected chi connectivity index (χ1v) is 11.6. The van der Waals surface area contributed by atoms with Crippen LogP contribution in [0.15, 0.2) is 47.3 Å². The lowest BCUT2D eigenvalue weighted by Crippen LogP contribution is -2.57. The van der Waals surface area contributed by atoms with Gasteiger partial charge in [-0.1, -0.05) is 56.6 Å². The van der Waals surface area contributed by atoms with Crippen molar-refractivity contribution in [1.82, 2.24) is 20.3 Å². The lowest BCUT2D eigenvalue weighted by molar-refractivity contribution is -0.261. The highest BCUT2D eigenvalue weighted by molar-refractivity contribution is 6.33. The second kappa shape index (κ2) is 10.8. The number of carbonyl (C=O) groups is 1. The van der Waals surface area contributed by atoms with Crippen molar-refractivity contribution in [2.75, 3.05) is 7.11 Å². The monoisotopic (exact) mass is 522 g/mol. The number of aromatic nitrogens is 3. The highest BCUT2D eigenvalue weighted by Gasteiger charge is 2.59.